The molecular formula is C22H22FN5O4. The van der Waals surface area contributed by atoms with Crippen LogP contribution in [0.1, 0.15) is 19.4 Å². The first kappa shape index (κ1) is 22.4. The number of benzene rings is 1. The Morgan fingerprint density at radius 2 is 2.12 bits per heavy atom. The van der Waals surface area contributed by atoms with E-state index in [0.29, 0.717) is 17.0 Å². The largest absolute Gasteiger partial charge is 0.479 e. The predicted octanol–water partition coefficient (Wildman–Crippen LogP) is 1.19. The summed E-state index contributed by atoms with van der Waals surface area (Å²) in [5.74, 6) is 0.711. The number of hydrogen-bond acceptors (Lipinski definition) is 6. The van der Waals surface area contributed by atoms with Gasteiger partial charge in [0.15, 0.2) is 11.9 Å². The van der Waals surface area contributed by atoms with Gasteiger partial charge in [-0.15, -0.1) is 0 Å². The summed E-state index contributed by atoms with van der Waals surface area (Å²) in [4.78, 5) is 36.6. The average Bonchev–Trinajstić information content (AvgIpc) is 2.78. The summed E-state index contributed by atoms with van der Waals surface area (Å²) >= 11 is 0. The van der Waals surface area contributed by atoms with Gasteiger partial charge in [0.2, 0.25) is 0 Å². The Kier molecular flexibility index (Phi) is 6.49. The topological polar surface area (TPSA) is 112 Å². The van der Waals surface area contributed by atoms with Crippen molar-refractivity contribution in [2.75, 3.05) is 12.4 Å². The second-order valence-electron chi connectivity index (χ2n) is 6.99. The lowest BCUT2D eigenvalue weighted by molar-refractivity contribution is -0.123. The van der Waals surface area contributed by atoms with Crippen LogP contribution in [0.5, 0.6) is 5.75 Å². The zero-order valence-electron chi connectivity index (χ0n) is 17.8. The Balaban J connectivity index is 1.71. The molecule has 0 fully saturated rings. The summed E-state index contributed by atoms with van der Waals surface area (Å²) in [6.45, 7) is 6.93. The number of likely N-dealkylation sites (N-methyl/N-ethyl adjacent to an activating group) is 1. The standard InChI is InChI=1S/C22H22FN5O4/c1-12(9-18(22(31)24-4)28-13(2)16(23)7-8-26-28)20(29)25-11-15-5-6-19-17(10-15)27-21(30)14(3)32-19/h5-6,9-10,14,26H,1,11H2,2-4H3,(H,24,31)(H,25,29)(H,27,30)/b18-9-. The summed E-state index contributed by atoms with van der Waals surface area (Å²) in [6, 6.07) is 7.51. The van der Waals surface area contributed by atoms with Crippen LogP contribution in [-0.4, -0.2) is 35.9 Å². The maximum Gasteiger partial charge on any atom is 0.269 e. The first-order chi connectivity index (χ1) is 15.2. The van der Waals surface area contributed by atoms with Crippen LogP contribution in [-0.2, 0) is 20.9 Å². The van der Waals surface area contributed by atoms with Gasteiger partial charge in [-0.25, -0.2) is 5.01 Å². The van der Waals surface area contributed by atoms with E-state index < -0.39 is 23.7 Å². The molecule has 2 heterocycles. The third-order valence-electron chi connectivity index (χ3n) is 4.72. The summed E-state index contributed by atoms with van der Waals surface area (Å²) < 4.78 is 19.4. The maximum atomic E-state index is 13.9. The molecule has 32 heavy (non-hydrogen) atoms. The van der Waals surface area contributed by atoms with E-state index in [1.54, 1.807) is 25.1 Å². The molecule has 9 nitrogen and oxygen atoms in total. The predicted molar refractivity (Wildman–Crippen MR) is 115 cm³/mol. The molecule has 0 saturated carbocycles. The fraction of sp³-hybridized carbons (Fsp3) is 0.227. The molecule has 3 rings (SSSR count). The molecule has 0 spiro atoms. The first-order valence-corrected chi connectivity index (χ1v) is 9.65. The van der Waals surface area contributed by atoms with Gasteiger partial charge in [0, 0.05) is 25.2 Å². The number of anilines is 1. The van der Waals surface area contributed by atoms with Gasteiger partial charge in [-0.05, 0) is 43.5 Å². The minimum absolute atomic E-state index is 0.0273. The monoisotopic (exact) mass is 439 g/mol. The molecule has 166 valence electrons. The number of ether oxygens (including phenoxy) is 1. The van der Waals surface area contributed by atoms with Crippen molar-refractivity contribution in [3.63, 3.8) is 0 Å². The van der Waals surface area contributed by atoms with E-state index in [4.69, 9.17) is 4.74 Å². The number of rotatable bonds is 6. The number of amides is 3. The van der Waals surface area contributed by atoms with Gasteiger partial charge >= 0.3 is 0 Å². The number of hydrogen-bond donors (Lipinski definition) is 4. The van der Waals surface area contributed by atoms with E-state index in [-0.39, 0.29) is 29.4 Å². The van der Waals surface area contributed by atoms with E-state index >= 15 is 0 Å². The molecule has 2 aliphatic rings. The van der Waals surface area contributed by atoms with Gasteiger partial charge in [0.25, 0.3) is 17.7 Å². The number of halogens is 1. The second-order valence-corrected chi connectivity index (χ2v) is 6.99. The van der Waals surface area contributed by atoms with E-state index in [1.807, 2.05) is 0 Å². The van der Waals surface area contributed by atoms with Gasteiger partial charge in [0.1, 0.15) is 11.4 Å². The summed E-state index contributed by atoms with van der Waals surface area (Å²) in [5, 5.41) is 9.00. The maximum absolute atomic E-state index is 13.9. The molecule has 4 N–H and O–H groups in total. The van der Waals surface area contributed by atoms with Crippen LogP contribution >= 0.6 is 0 Å². The Morgan fingerprint density at radius 3 is 2.84 bits per heavy atom. The van der Waals surface area contributed by atoms with Gasteiger partial charge in [0.05, 0.1) is 11.4 Å². The van der Waals surface area contributed by atoms with Crippen LogP contribution in [0.3, 0.4) is 0 Å². The average molecular weight is 439 g/mol. The van der Waals surface area contributed by atoms with Crippen LogP contribution < -0.4 is 26.1 Å². The van der Waals surface area contributed by atoms with Crippen LogP contribution in [0.2, 0.25) is 0 Å². The van der Waals surface area contributed by atoms with Crippen molar-refractivity contribution < 1.29 is 23.5 Å². The zero-order valence-corrected chi connectivity index (χ0v) is 17.8. The number of hydrazine groups is 1. The zero-order chi connectivity index (χ0) is 23.4. The summed E-state index contributed by atoms with van der Waals surface area (Å²) in [6.07, 6.45) is 0.651. The molecule has 0 bridgehead atoms. The van der Waals surface area contributed by atoms with Gasteiger partial charge in [-0.1, -0.05) is 12.6 Å². The Bertz CT molecular complexity index is 1130. The Morgan fingerprint density at radius 1 is 1.38 bits per heavy atom. The molecule has 2 aliphatic heterocycles. The summed E-state index contributed by atoms with van der Waals surface area (Å²) in [7, 11) is 1.41. The van der Waals surface area contributed by atoms with Crippen molar-refractivity contribution in [3.8, 4) is 17.7 Å². The molecular weight excluding hydrogens is 417 g/mol. The van der Waals surface area contributed by atoms with Gasteiger partial charge in [-0.3, -0.25) is 19.8 Å². The molecule has 0 aliphatic carbocycles. The molecule has 1 aromatic carbocycles. The molecule has 0 aromatic heterocycles. The van der Waals surface area contributed by atoms with Crippen molar-refractivity contribution >= 4 is 23.4 Å². The number of allylic oxidation sites excluding steroid dienone is 2. The lowest BCUT2D eigenvalue weighted by Gasteiger charge is -2.27. The van der Waals surface area contributed by atoms with E-state index in [2.05, 4.69) is 39.9 Å². The molecule has 10 heteroatoms. The highest BCUT2D eigenvalue weighted by molar-refractivity contribution is 6.00. The number of carbonyl (C=O) groups excluding carboxylic acids is 3. The minimum Gasteiger partial charge on any atom is -0.479 e. The number of fused-ring (bicyclic) bond motifs is 1. The minimum atomic E-state index is -0.702. The number of nitrogens with one attached hydrogen (secondary N) is 4. The van der Waals surface area contributed by atoms with E-state index in [0.717, 1.165) is 5.01 Å². The van der Waals surface area contributed by atoms with E-state index in [9.17, 15) is 18.8 Å². The molecule has 0 radical (unpaired) electrons. The lowest BCUT2D eigenvalue weighted by Crippen LogP contribution is -2.41. The van der Waals surface area contributed by atoms with Crippen LogP contribution in [0.4, 0.5) is 10.1 Å². The quantitative estimate of drug-likeness (QED) is 0.301. The third kappa shape index (κ3) is 4.73. The smallest absolute Gasteiger partial charge is 0.269 e. The van der Waals surface area contributed by atoms with Gasteiger partial charge < -0.3 is 20.7 Å². The van der Waals surface area contributed by atoms with Crippen LogP contribution in [0.15, 0.2) is 53.6 Å². The van der Waals surface area contributed by atoms with E-state index in [1.165, 1.54) is 20.0 Å². The first-order valence-electron chi connectivity index (χ1n) is 9.65. The normalized spacial score (nSPS) is 17.1. The molecule has 1 atom stereocenters. The summed E-state index contributed by atoms with van der Waals surface area (Å²) in [5.41, 5.74) is 3.79. The van der Waals surface area contributed by atoms with Crippen molar-refractivity contribution in [3.05, 3.63) is 59.2 Å². The highest BCUT2D eigenvalue weighted by Crippen LogP contribution is 2.30. The SMILES string of the molecule is C=C(/C=C(/C(=O)NC)N1NC#CC(F)=C1C)C(=O)NCc1ccc2c(c1)NC(=O)C(C)O2. The molecule has 1 unspecified atom stereocenters. The molecule has 1 aromatic rings. The van der Waals surface area contributed by atoms with Crippen molar-refractivity contribution in [1.82, 2.24) is 21.1 Å². The third-order valence-corrected chi connectivity index (χ3v) is 4.72. The van der Waals surface area contributed by atoms with Crippen molar-refractivity contribution in [2.24, 2.45) is 0 Å². The fourth-order valence-electron chi connectivity index (χ4n) is 2.90. The van der Waals surface area contributed by atoms with Gasteiger partial charge in [-0.2, -0.15) is 4.39 Å². The van der Waals surface area contributed by atoms with Crippen molar-refractivity contribution in [2.45, 2.75) is 26.5 Å². The molecule has 3 amide bonds. The van der Waals surface area contributed by atoms with Crippen LogP contribution in [0.25, 0.3) is 0 Å². The van der Waals surface area contributed by atoms with Crippen LogP contribution in [0, 0.1) is 12.0 Å². The number of nitrogens with zero attached hydrogens (tertiary/aromatic N) is 1. The fourth-order valence-corrected chi connectivity index (χ4v) is 2.90. The Labute approximate surface area is 184 Å². The highest BCUT2D eigenvalue weighted by atomic mass is 19.1. The second kappa shape index (κ2) is 9.26. The van der Waals surface area contributed by atoms with Crippen molar-refractivity contribution in [1.29, 1.82) is 0 Å². The molecule has 0 saturated heterocycles. The highest BCUT2D eigenvalue weighted by Gasteiger charge is 2.24. The lowest BCUT2D eigenvalue weighted by atomic mass is 10.1. The Hall–Kier alpha value is -4.26. The number of carbonyl (C=O) groups is 3.